The number of carbonyl (C=O) groups excluding carboxylic acids is 1. The molecule has 0 radical (unpaired) electrons. The molecule has 0 atom stereocenters. The zero-order chi connectivity index (χ0) is 22.4. The van der Waals surface area contributed by atoms with Crippen LogP contribution in [0.4, 0.5) is 19.5 Å². The minimum absolute atomic E-state index is 0.0269. The van der Waals surface area contributed by atoms with Gasteiger partial charge in [-0.2, -0.15) is 8.78 Å². The molecule has 9 heteroatoms. The largest absolute Gasteiger partial charge is 0.462 e. The predicted molar refractivity (Wildman–Crippen MR) is 123 cm³/mol. The van der Waals surface area contributed by atoms with E-state index in [0.717, 1.165) is 16.0 Å². The molecule has 3 rings (SSSR count). The SMILES string of the molecule is CCOC(=O)c1cc(-c2ccccc2)sc1NC(=S)Nc1ccc(C)cc1OC(F)F. The van der Waals surface area contributed by atoms with Crippen molar-refractivity contribution in [3.8, 4) is 16.2 Å². The minimum Gasteiger partial charge on any atom is -0.462 e. The number of alkyl halides is 2. The van der Waals surface area contributed by atoms with Crippen molar-refractivity contribution < 1.29 is 23.0 Å². The van der Waals surface area contributed by atoms with Gasteiger partial charge in [-0.25, -0.2) is 4.79 Å². The Morgan fingerprint density at radius 2 is 1.87 bits per heavy atom. The van der Waals surface area contributed by atoms with E-state index in [0.29, 0.717) is 10.6 Å². The second kappa shape index (κ2) is 10.3. The number of hydrogen-bond acceptors (Lipinski definition) is 5. The number of hydrogen-bond donors (Lipinski definition) is 2. The van der Waals surface area contributed by atoms with Crippen molar-refractivity contribution in [2.24, 2.45) is 0 Å². The summed E-state index contributed by atoms with van der Waals surface area (Å²) in [6.07, 6.45) is 0. The Morgan fingerprint density at radius 3 is 2.55 bits per heavy atom. The van der Waals surface area contributed by atoms with E-state index in [2.05, 4.69) is 15.4 Å². The highest BCUT2D eigenvalue weighted by Crippen LogP contribution is 2.36. The lowest BCUT2D eigenvalue weighted by atomic mass is 10.1. The van der Waals surface area contributed by atoms with E-state index in [-0.39, 0.29) is 23.2 Å². The fraction of sp³-hybridized carbons (Fsp3) is 0.182. The first-order chi connectivity index (χ1) is 14.9. The zero-order valence-electron chi connectivity index (χ0n) is 16.8. The molecule has 0 spiro atoms. The van der Waals surface area contributed by atoms with E-state index in [4.69, 9.17) is 17.0 Å². The standard InChI is InChI=1S/C22H20F2N2O3S2/c1-3-28-20(27)15-12-18(14-7-5-4-6-8-14)31-19(15)26-22(30)25-16-10-9-13(2)11-17(16)29-21(23)24/h4-12,21H,3H2,1-2H3,(H2,25,26,30). The fourth-order valence-electron chi connectivity index (χ4n) is 2.77. The van der Waals surface area contributed by atoms with Gasteiger partial charge in [-0.15, -0.1) is 11.3 Å². The lowest BCUT2D eigenvalue weighted by Gasteiger charge is -2.15. The van der Waals surface area contributed by atoms with Crippen LogP contribution in [0.1, 0.15) is 22.8 Å². The van der Waals surface area contributed by atoms with Crippen molar-refractivity contribution in [2.45, 2.75) is 20.5 Å². The Hall–Kier alpha value is -3.04. The van der Waals surface area contributed by atoms with Gasteiger partial charge in [0.1, 0.15) is 10.8 Å². The van der Waals surface area contributed by atoms with Gasteiger partial charge in [-0.05, 0) is 55.4 Å². The monoisotopic (exact) mass is 462 g/mol. The van der Waals surface area contributed by atoms with Crippen LogP contribution in [0.3, 0.4) is 0 Å². The fourth-order valence-corrected chi connectivity index (χ4v) is 4.10. The van der Waals surface area contributed by atoms with Crippen molar-refractivity contribution in [1.82, 2.24) is 0 Å². The minimum atomic E-state index is -2.97. The number of halogens is 2. The molecule has 31 heavy (non-hydrogen) atoms. The smallest absolute Gasteiger partial charge is 0.387 e. The van der Waals surface area contributed by atoms with Gasteiger partial charge in [-0.1, -0.05) is 36.4 Å². The Balaban J connectivity index is 1.85. The Labute approximate surface area is 188 Å². The summed E-state index contributed by atoms with van der Waals surface area (Å²) in [6, 6.07) is 16.1. The topological polar surface area (TPSA) is 59.6 Å². The van der Waals surface area contributed by atoms with Crippen molar-refractivity contribution >= 4 is 45.3 Å². The van der Waals surface area contributed by atoms with E-state index in [1.165, 1.54) is 17.4 Å². The molecule has 0 aliphatic heterocycles. The van der Waals surface area contributed by atoms with Crippen LogP contribution in [0, 0.1) is 6.92 Å². The van der Waals surface area contributed by atoms with Gasteiger partial charge in [0.2, 0.25) is 0 Å². The van der Waals surface area contributed by atoms with Crippen molar-refractivity contribution in [2.75, 3.05) is 17.2 Å². The number of thiocarbonyl (C=S) groups is 1. The van der Waals surface area contributed by atoms with Crippen LogP contribution in [-0.2, 0) is 4.74 Å². The van der Waals surface area contributed by atoms with Crippen LogP contribution in [0.25, 0.3) is 10.4 Å². The van der Waals surface area contributed by atoms with Crippen LogP contribution in [0.5, 0.6) is 5.75 Å². The number of ether oxygens (including phenoxy) is 2. The molecule has 0 aliphatic rings. The predicted octanol–water partition coefficient (Wildman–Crippen LogP) is 6.31. The van der Waals surface area contributed by atoms with E-state index < -0.39 is 12.6 Å². The van der Waals surface area contributed by atoms with Crippen molar-refractivity contribution in [3.05, 3.63) is 65.7 Å². The first-order valence-corrected chi connectivity index (χ1v) is 10.6. The molecule has 0 bridgehead atoms. The maximum absolute atomic E-state index is 12.7. The Morgan fingerprint density at radius 1 is 1.13 bits per heavy atom. The molecule has 1 aromatic heterocycles. The lowest BCUT2D eigenvalue weighted by Crippen LogP contribution is -2.21. The highest BCUT2D eigenvalue weighted by Gasteiger charge is 2.19. The van der Waals surface area contributed by atoms with E-state index in [1.54, 1.807) is 32.0 Å². The van der Waals surface area contributed by atoms with Crippen LogP contribution in [0.15, 0.2) is 54.6 Å². The molecule has 3 aromatic rings. The molecule has 0 amide bonds. The van der Waals surface area contributed by atoms with Crippen molar-refractivity contribution in [1.29, 1.82) is 0 Å². The molecule has 0 saturated heterocycles. The third kappa shape index (κ3) is 5.99. The van der Waals surface area contributed by atoms with Crippen LogP contribution in [0.2, 0.25) is 0 Å². The van der Waals surface area contributed by atoms with E-state index in [9.17, 15) is 13.6 Å². The summed E-state index contributed by atoms with van der Waals surface area (Å²) in [5.74, 6) is -0.510. The summed E-state index contributed by atoms with van der Waals surface area (Å²) in [4.78, 5) is 13.3. The highest BCUT2D eigenvalue weighted by atomic mass is 32.1. The molecular weight excluding hydrogens is 442 g/mol. The molecule has 2 N–H and O–H groups in total. The Bertz CT molecular complexity index is 1070. The third-order valence-corrected chi connectivity index (χ3v) is 5.42. The van der Waals surface area contributed by atoms with E-state index in [1.807, 2.05) is 30.3 Å². The number of thiophene rings is 1. The molecule has 2 aromatic carbocycles. The maximum Gasteiger partial charge on any atom is 0.387 e. The first-order valence-electron chi connectivity index (χ1n) is 9.37. The average molecular weight is 463 g/mol. The number of rotatable bonds is 7. The van der Waals surface area contributed by atoms with Gasteiger partial charge < -0.3 is 20.1 Å². The molecule has 0 fully saturated rings. The Kier molecular flexibility index (Phi) is 7.54. The number of benzene rings is 2. The lowest BCUT2D eigenvalue weighted by molar-refractivity contribution is -0.0493. The number of carbonyl (C=O) groups is 1. The molecule has 1 heterocycles. The normalized spacial score (nSPS) is 10.6. The summed E-state index contributed by atoms with van der Waals surface area (Å²) in [7, 11) is 0. The number of nitrogens with one attached hydrogen (secondary N) is 2. The summed E-state index contributed by atoms with van der Waals surface area (Å²) < 4.78 is 35.2. The maximum atomic E-state index is 12.7. The van der Waals surface area contributed by atoms with Gasteiger partial charge in [0.15, 0.2) is 5.11 Å². The number of anilines is 2. The van der Waals surface area contributed by atoms with Crippen molar-refractivity contribution in [3.63, 3.8) is 0 Å². The third-order valence-electron chi connectivity index (χ3n) is 4.11. The van der Waals surface area contributed by atoms with Gasteiger partial charge >= 0.3 is 12.6 Å². The van der Waals surface area contributed by atoms with Gasteiger partial charge in [0, 0.05) is 4.88 Å². The molecule has 0 unspecified atom stereocenters. The average Bonchev–Trinajstić information content (AvgIpc) is 3.14. The molecule has 0 saturated carbocycles. The summed E-state index contributed by atoms with van der Waals surface area (Å²) >= 11 is 6.68. The number of esters is 1. The molecule has 162 valence electrons. The second-order valence-electron chi connectivity index (χ2n) is 6.40. The second-order valence-corrected chi connectivity index (χ2v) is 7.86. The number of aryl methyl sites for hydroxylation is 1. The van der Waals surface area contributed by atoms with Gasteiger partial charge in [-0.3, -0.25) is 0 Å². The quantitative estimate of drug-likeness (QED) is 0.317. The molecule has 0 aliphatic carbocycles. The summed E-state index contributed by atoms with van der Waals surface area (Å²) in [5, 5.41) is 6.44. The molecular formula is C22H20F2N2O3S2. The van der Waals surface area contributed by atoms with Crippen LogP contribution >= 0.6 is 23.6 Å². The molecule has 5 nitrogen and oxygen atoms in total. The van der Waals surface area contributed by atoms with E-state index >= 15 is 0 Å². The van der Waals surface area contributed by atoms with Gasteiger partial charge in [0.05, 0.1) is 17.9 Å². The summed E-state index contributed by atoms with van der Waals surface area (Å²) in [6.45, 7) is 0.754. The zero-order valence-corrected chi connectivity index (χ0v) is 18.4. The van der Waals surface area contributed by atoms with Crippen LogP contribution < -0.4 is 15.4 Å². The van der Waals surface area contributed by atoms with Gasteiger partial charge in [0.25, 0.3) is 0 Å². The van der Waals surface area contributed by atoms with Crippen LogP contribution in [-0.4, -0.2) is 24.3 Å². The first kappa shape index (κ1) is 22.6. The summed E-state index contributed by atoms with van der Waals surface area (Å²) in [5.41, 5.74) is 2.32. The highest BCUT2D eigenvalue weighted by molar-refractivity contribution is 7.80.